The summed E-state index contributed by atoms with van der Waals surface area (Å²) < 4.78 is 30.9. The van der Waals surface area contributed by atoms with Gasteiger partial charge in [-0.3, -0.25) is 18.6 Å². The Balaban J connectivity index is 5.02. The van der Waals surface area contributed by atoms with Gasteiger partial charge in [-0.15, -0.1) is 0 Å². The summed E-state index contributed by atoms with van der Waals surface area (Å²) in [7, 11) is 1.50. The first kappa shape index (κ1) is 83.0. The number of unbranched alkanes of at least 4 members (excludes halogenated alkanes) is 46. The summed E-state index contributed by atoms with van der Waals surface area (Å²) >= 11 is 0. The van der Waals surface area contributed by atoms with E-state index in [-0.39, 0.29) is 31.5 Å². The van der Waals surface area contributed by atoms with Crippen molar-refractivity contribution in [1.29, 1.82) is 0 Å². The van der Waals surface area contributed by atoms with Crippen LogP contribution in [0.15, 0.2) is 48.6 Å². The molecule has 9 nitrogen and oxygen atoms in total. The lowest BCUT2D eigenvalue weighted by Crippen LogP contribution is -2.47. The van der Waals surface area contributed by atoms with Gasteiger partial charge in [0.25, 0.3) is 0 Å². The summed E-state index contributed by atoms with van der Waals surface area (Å²) in [6.07, 6.45) is 82.7. The molecule has 10 heteroatoms. The molecule has 0 rings (SSSR count). The van der Waals surface area contributed by atoms with Crippen LogP contribution in [-0.2, 0) is 27.9 Å². The number of carbonyl (C=O) groups excluding carboxylic acids is 2. The fourth-order valence-corrected chi connectivity index (χ4v) is 11.8. The third-order valence-corrected chi connectivity index (χ3v) is 17.8. The van der Waals surface area contributed by atoms with Gasteiger partial charge in [0.15, 0.2) is 0 Å². The molecule has 0 heterocycles. The fourth-order valence-electron chi connectivity index (χ4n) is 11.1. The largest absolute Gasteiger partial charge is 0.472 e. The van der Waals surface area contributed by atoms with Gasteiger partial charge in [-0.05, 0) is 70.3 Å². The topological polar surface area (TPSA) is 111 Å². The zero-order chi connectivity index (χ0) is 62.1. The Morgan fingerprint density at radius 3 is 1.09 bits per heavy atom. The highest BCUT2D eigenvalue weighted by Crippen LogP contribution is 2.43. The number of quaternary nitrogens is 1. The Bertz CT molecular complexity index is 1590. The Labute approximate surface area is 529 Å². The van der Waals surface area contributed by atoms with Gasteiger partial charge < -0.3 is 19.4 Å². The quantitative estimate of drug-likeness (QED) is 0.0205. The molecular weight excluding hydrogens is 1070 g/mol. The number of phosphoric acid groups is 1. The summed E-state index contributed by atoms with van der Waals surface area (Å²) in [5, 5.41) is 3.08. The molecule has 2 N–H and O–H groups in total. The van der Waals surface area contributed by atoms with E-state index in [1.165, 1.54) is 250 Å². The molecule has 0 aliphatic heterocycles. The number of nitrogens with one attached hydrogen (secondary N) is 1. The standard InChI is InChI=1S/C75H143N2O7P/c1-7-10-13-16-19-22-25-28-30-32-34-35-36-37-38-39-40-41-43-44-46-49-52-55-58-61-64-67-74(78)76-72(71-83-85(80,81)82-70-69-77(4,5)6)73(66-63-60-57-54-51-48-27-24-21-18-15-12-9-3)84-75(79)68-65-62-59-56-53-50-47-45-42-33-31-29-26-23-20-17-14-11-8-2/h20,23,29,31,42,45,63,66,72-73H,7-19,21-22,24-28,30,32-41,43-44,46-62,64-65,67-71H2,1-6H3,(H-,76,78,80,81)/p+1/b23-20-,31-29-,45-42-,66-63-. The lowest BCUT2D eigenvalue weighted by molar-refractivity contribution is -0.870. The second-order valence-corrected chi connectivity index (χ2v) is 27.9. The Morgan fingerprint density at radius 1 is 0.412 bits per heavy atom. The lowest BCUT2D eigenvalue weighted by atomic mass is 10.0. The van der Waals surface area contributed by atoms with Crippen LogP contribution < -0.4 is 5.32 Å². The van der Waals surface area contributed by atoms with Crippen LogP contribution >= 0.6 is 7.82 Å². The third-order valence-electron chi connectivity index (χ3n) is 16.8. The van der Waals surface area contributed by atoms with Crippen LogP contribution in [0.2, 0.25) is 0 Å². The van der Waals surface area contributed by atoms with Crippen molar-refractivity contribution in [2.75, 3.05) is 40.9 Å². The fraction of sp³-hybridized carbons (Fsp3) is 0.867. The summed E-state index contributed by atoms with van der Waals surface area (Å²) in [5.74, 6) is -0.502. The molecule has 0 aromatic heterocycles. The molecule has 3 unspecified atom stereocenters. The van der Waals surface area contributed by atoms with Crippen molar-refractivity contribution in [2.45, 2.75) is 380 Å². The number of rotatable bonds is 68. The van der Waals surface area contributed by atoms with E-state index in [4.69, 9.17) is 13.8 Å². The monoisotopic (exact) mass is 1220 g/mol. The molecule has 0 aromatic carbocycles. The van der Waals surface area contributed by atoms with E-state index in [0.717, 1.165) is 83.5 Å². The average Bonchev–Trinajstić information content (AvgIpc) is 3.50. The van der Waals surface area contributed by atoms with E-state index in [0.29, 0.717) is 17.4 Å². The number of ether oxygens (including phenoxy) is 1. The van der Waals surface area contributed by atoms with Gasteiger partial charge in [-0.1, -0.05) is 333 Å². The normalized spacial score (nSPS) is 13.7. The van der Waals surface area contributed by atoms with Gasteiger partial charge in [-0.2, -0.15) is 0 Å². The minimum absolute atomic E-state index is 0.0395. The van der Waals surface area contributed by atoms with Crippen LogP contribution in [0.4, 0.5) is 0 Å². The molecule has 0 aliphatic rings. The van der Waals surface area contributed by atoms with E-state index in [1.807, 2.05) is 33.3 Å². The zero-order valence-corrected chi connectivity index (χ0v) is 58.3. The second kappa shape index (κ2) is 64.9. The molecule has 0 bridgehead atoms. The van der Waals surface area contributed by atoms with Gasteiger partial charge in [0.2, 0.25) is 5.91 Å². The van der Waals surface area contributed by atoms with Crippen LogP contribution in [0.25, 0.3) is 0 Å². The maximum atomic E-state index is 13.6. The van der Waals surface area contributed by atoms with E-state index in [1.54, 1.807) is 0 Å². The Kier molecular flexibility index (Phi) is 63.4. The number of hydrogen-bond donors (Lipinski definition) is 2. The molecule has 0 spiro atoms. The number of esters is 1. The summed E-state index contributed by atoms with van der Waals surface area (Å²) in [6, 6.07) is -0.853. The molecule has 0 radical (unpaired) electrons. The highest BCUT2D eigenvalue weighted by atomic mass is 31.2. The van der Waals surface area contributed by atoms with E-state index < -0.39 is 20.0 Å². The number of hydrogen-bond acceptors (Lipinski definition) is 6. The molecule has 0 saturated carbocycles. The van der Waals surface area contributed by atoms with Crippen molar-refractivity contribution in [3.05, 3.63) is 48.6 Å². The number of carbonyl (C=O) groups is 2. The van der Waals surface area contributed by atoms with Crippen molar-refractivity contribution >= 4 is 19.7 Å². The lowest BCUT2D eigenvalue weighted by Gasteiger charge is -2.27. The first-order valence-corrected chi connectivity index (χ1v) is 38.5. The van der Waals surface area contributed by atoms with Crippen LogP contribution in [-0.4, -0.2) is 74.3 Å². The van der Waals surface area contributed by atoms with Crippen LogP contribution in [0.1, 0.15) is 367 Å². The van der Waals surface area contributed by atoms with Gasteiger partial charge in [0.05, 0.1) is 33.8 Å². The van der Waals surface area contributed by atoms with Crippen molar-refractivity contribution in [1.82, 2.24) is 5.32 Å². The molecule has 0 aliphatic carbocycles. The van der Waals surface area contributed by atoms with Crippen LogP contribution in [0, 0.1) is 0 Å². The SMILES string of the molecule is CCCCC/C=C\C/C=C\C/C=C\CCCCCCCCC(=O)OC(/C=C\CCCCCCCCCCCCC)C(COP(=O)(O)OCC[N+](C)(C)C)NC(=O)CCCCCCCCCCCCCCCCCCCCCCCCCCCCC. The summed E-state index contributed by atoms with van der Waals surface area (Å²) in [5.41, 5.74) is 0. The van der Waals surface area contributed by atoms with Crippen molar-refractivity contribution < 1.29 is 37.3 Å². The smallest absolute Gasteiger partial charge is 0.456 e. The first-order chi connectivity index (χ1) is 41.4. The molecule has 0 saturated heterocycles. The van der Waals surface area contributed by atoms with Gasteiger partial charge in [0.1, 0.15) is 19.3 Å². The molecule has 3 atom stereocenters. The van der Waals surface area contributed by atoms with Crippen LogP contribution in [0.5, 0.6) is 0 Å². The average molecular weight is 1220 g/mol. The maximum absolute atomic E-state index is 13.6. The highest BCUT2D eigenvalue weighted by molar-refractivity contribution is 7.47. The number of likely N-dealkylation sites (N-methyl/N-ethyl adjacent to an activating group) is 1. The summed E-state index contributed by atoms with van der Waals surface area (Å²) in [6.45, 7) is 7.04. The zero-order valence-electron chi connectivity index (χ0n) is 57.4. The highest BCUT2D eigenvalue weighted by Gasteiger charge is 2.30. The molecule has 0 aromatic rings. The molecule has 1 amide bonds. The minimum atomic E-state index is -4.46. The molecule has 85 heavy (non-hydrogen) atoms. The Hall–Kier alpha value is -2.03. The number of allylic oxidation sites excluding steroid dienone is 7. The molecule has 500 valence electrons. The van der Waals surface area contributed by atoms with Crippen molar-refractivity contribution in [3.8, 4) is 0 Å². The van der Waals surface area contributed by atoms with Crippen LogP contribution in [0.3, 0.4) is 0 Å². The Morgan fingerprint density at radius 2 is 0.718 bits per heavy atom. The number of nitrogens with zero attached hydrogens (tertiary/aromatic N) is 1. The van der Waals surface area contributed by atoms with Gasteiger partial charge in [-0.25, -0.2) is 4.57 Å². The molecular formula is C75H144N2O7P+. The van der Waals surface area contributed by atoms with E-state index >= 15 is 0 Å². The third kappa shape index (κ3) is 66.2. The van der Waals surface area contributed by atoms with Gasteiger partial charge >= 0.3 is 13.8 Å². The minimum Gasteiger partial charge on any atom is -0.456 e. The summed E-state index contributed by atoms with van der Waals surface area (Å²) in [4.78, 5) is 37.9. The maximum Gasteiger partial charge on any atom is 0.472 e. The van der Waals surface area contributed by atoms with E-state index in [9.17, 15) is 19.0 Å². The number of phosphoric ester groups is 1. The number of amides is 1. The van der Waals surface area contributed by atoms with Crippen molar-refractivity contribution in [2.24, 2.45) is 0 Å². The van der Waals surface area contributed by atoms with E-state index in [2.05, 4.69) is 62.5 Å². The second-order valence-electron chi connectivity index (χ2n) is 26.5. The molecule has 0 fully saturated rings. The predicted molar refractivity (Wildman–Crippen MR) is 369 cm³/mol. The van der Waals surface area contributed by atoms with Gasteiger partial charge in [0, 0.05) is 12.8 Å². The first-order valence-electron chi connectivity index (χ1n) is 37.0. The van der Waals surface area contributed by atoms with Crippen molar-refractivity contribution in [3.63, 3.8) is 0 Å². The predicted octanol–water partition coefficient (Wildman–Crippen LogP) is 23.6.